The van der Waals surface area contributed by atoms with Crippen molar-refractivity contribution in [1.82, 2.24) is 4.90 Å². The molecule has 0 aliphatic carbocycles. The van der Waals surface area contributed by atoms with Crippen molar-refractivity contribution in [3.8, 4) is 0 Å². The molecule has 1 N–H and O–H groups in total. The summed E-state index contributed by atoms with van der Waals surface area (Å²) in [6.45, 7) is 2.43. The van der Waals surface area contributed by atoms with Gasteiger partial charge in [0.2, 0.25) is 0 Å². The third-order valence-corrected chi connectivity index (χ3v) is 5.17. The molecule has 2 aromatic rings. The van der Waals surface area contributed by atoms with Crippen molar-refractivity contribution in [1.29, 1.82) is 0 Å². The van der Waals surface area contributed by atoms with Crippen LogP contribution >= 0.6 is 0 Å². The first-order chi connectivity index (χ1) is 12.8. The topological polar surface area (TPSA) is 40.5 Å². The number of alkyl halides is 3. The second-order valence-corrected chi connectivity index (χ2v) is 6.97. The summed E-state index contributed by atoms with van der Waals surface area (Å²) >= 11 is 0. The second-order valence-electron chi connectivity index (χ2n) is 6.97. The summed E-state index contributed by atoms with van der Waals surface area (Å²) in [5.41, 5.74) is 1.51. The fourth-order valence-electron chi connectivity index (χ4n) is 3.86. The summed E-state index contributed by atoms with van der Waals surface area (Å²) < 4.78 is 39.8. The van der Waals surface area contributed by atoms with Crippen molar-refractivity contribution in [2.24, 2.45) is 0 Å². The van der Waals surface area contributed by atoms with Crippen LogP contribution in [-0.2, 0) is 11.0 Å². The number of rotatable bonds is 4. The first kappa shape index (κ1) is 19.4. The van der Waals surface area contributed by atoms with E-state index < -0.39 is 29.8 Å². The number of likely N-dealkylation sites (tertiary alicyclic amines) is 1. The minimum atomic E-state index is -4.44. The zero-order chi connectivity index (χ0) is 19.6. The minimum Gasteiger partial charge on any atom is -0.480 e. The van der Waals surface area contributed by atoms with Crippen LogP contribution in [-0.4, -0.2) is 28.6 Å². The van der Waals surface area contributed by atoms with E-state index in [2.05, 4.69) is 0 Å². The number of nitrogens with zero attached hydrogens (tertiary/aromatic N) is 1. The maximum atomic E-state index is 13.3. The molecule has 1 heterocycles. The zero-order valence-corrected chi connectivity index (χ0v) is 15.0. The van der Waals surface area contributed by atoms with Crippen LogP contribution < -0.4 is 0 Å². The van der Waals surface area contributed by atoms with Gasteiger partial charge in [0.1, 0.15) is 6.04 Å². The van der Waals surface area contributed by atoms with Crippen molar-refractivity contribution in [3.63, 3.8) is 0 Å². The van der Waals surface area contributed by atoms with E-state index in [1.165, 1.54) is 6.07 Å². The molecule has 0 bridgehead atoms. The molecule has 2 aromatic carbocycles. The minimum absolute atomic E-state index is 0.465. The second kappa shape index (κ2) is 7.72. The molecule has 0 spiro atoms. The highest BCUT2D eigenvalue weighted by Crippen LogP contribution is 2.38. The van der Waals surface area contributed by atoms with E-state index in [0.29, 0.717) is 18.5 Å². The molecule has 2 unspecified atom stereocenters. The standard InChI is InChI=1S/C21H22F3NO2/c1-14-7-2-3-10-17(14)19(25-12-5-4-11-18(25)20(26)27)15-8-6-9-16(13-15)21(22,23)24/h2-3,6-10,13,18-19H,4-5,11-12H2,1H3,(H,26,27). The fraction of sp³-hybridized carbons (Fsp3) is 0.381. The highest BCUT2D eigenvalue weighted by atomic mass is 19.4. The van der Waals surface area contributed by atoms with Crippen molar-refractivity contribution in [2.75, 3.05) is 6.54 Å². The van der Waals surface area contributed by atoms with E-state index >= 15 is 0 Å². The summed E-state index contributed by atoms with van der Waals surface area (Å²) in [4.78, 5) is 13.7. The van der Waals surface area contributed by atoms with Gasteiger partial charge in [-0.15, -0.1) is 0 Å². The zero-order valence-electron chi connectivity index (χ0n) is 15.0. The number of benzene rings is 2. The molecule has 144 valence electrons. The Kier molecular flexibility index (Phi) is 5.56. The van der Waals surface area contributed by atoms with E-state index in [9.17, 15) is 23.1 Å². The normalized spacial score (nSPS) is 19.6. The molecule has 1 fully saturated rings. The van der Waals surface area contributed by atoms with E-state index in [-0.39, 0.29) is 0 Å². The summed E-state index contributed by atoms with van der Waals surface area (Å²) in [6.07, 6.45) is -2.32. The Labute approximate surface area is 156 Å². The first-order valence-corrected chi connectivity index (χ1v) is 9.00. The summed E-state index contributed by atoms with van der Waals surface area (Å²) in [6, 6.07) is 11.5. The largest absolute Gasteiger partial charge is 0.480 e. The number of piperidine rings is 1. The molecule has 1 aliphatic heterocycles. The van der Waals surface area contributed by atoms with Crippen LogP contribution in [0, 0.1) is 6.92 Å². The van der Waals surface area contributed by atoms with Gasteiger partial charge in [-0.1, -0.05) is 42.8 Å². The van der Waals surface area contributed by atoms with Gasteiger partial charge in [0, 0.05) is 0 Å². The van der Waals surface area contributed by atoms with Gasteiger partial charge in [-0.2, -0.15) is 13.2 Å². The maximum Gasteiger partial charge on any atom is 0.416 e. The molecule has 3 nitrogen and oxygen atoms in total. The Morgan fingerprint density at radius 2 is 1.89 bits per heavy atom. The number of carboxylic acid groups (broad SMARTS) is 1. The molecule has 0 aromatic heterocycles. The molecule has 0 radical (unpaired) electrons. The predicted octanol–water partition coefficient (Wildman–Crippen LogP) is 5.04. The number of hydrogen-bond acceptors (Lipinski definition) is 2. The SMILES string of the molecule is Cc1ccccc1C(c1cccc(C(F)(F)F)c1)N1CCCCC1C(=O)O. The van der Waals surface area contributed by atoms with Crippen molar-refractivity contribution in [3.05, 3.63) is 70.8 Å². The number of hydrogen-bond donors (Lipinski definition) is 1. The number of aliphatic carboxylic acids is 1. The molecular formula is C21H22F3NO2. The van der Waals surface area contributed by atoms with Crippen LogP contribution in [0.3, 0.4) is 0 Å². The van der Waals surface area contributed by atoms with Gasteiger partial charge in [0.25, 0.3) is 0 Å². The van der Waals surface area contributed by atoms with Gasteiger partial charge in [0.05, 0.1) is 11.6 Å². The third kappa shape index (κ3) is 4.16. The molecular weight excluding hydrogens is 355 g/mol. The molecule has 6 heteroatoms. The average Bonchev–Trinajstić information content (AvgIpc) is 2.63. The smallest absolute Gasteiger partial charge is 0.416 e. The molecule has 2 atom stereocenters. The maximum absolute atomic E-state index is 13.3. The highest BCUT2D eigenvalue weighted by Gasteiger charge is 2.37. The Morgan fingerprint density at radius 3 is 2.56 bits per heavy atom. The van der Waals surface area contributed by atoms with Crippen molar-refractivity contribution in [2.45, 2.75) is 44.4 Å². The Hall–Kier alpha value is -2.34. The van der Waals surface area contributed by atoms with E-state index in [1.807, 2.05) is 36.1 Å². The van der Waals surface area contributed by atoms with E-state index in [0.717, 1.165) is 36.1 Å². The van der Waals surface area contributed by atoms with Gasteiger partial charge in [-0.05, 0) is 55.1 Å². The van der Waals surface area contributed by atoms with Gasteiger partial charge >= 0.3 is 12.1 Å². The molecule has 27 heavy (non-hydrogen) atoms. The van der Waals surface area contributed by atoms with Crippen LogP contribution in [0.25, 0.3) is 0 Å². The summed E-state index contributed by atoms with van der Waals surface area (Å²) in [7, 11) is 0. The lowest BCUT2D eigenvalue weighted by Gasteiger charge is -2.40. The lowest BCUT2D eigenvalue weighted by atomic mass is 9.89. The fourth-order valence-corrected chi connectivity index (χ4v) is 3.86. The monoisotopic (exact) mass is 377 g/mol. The predicted molar refractivity (Wildman–Crippen MR) is 96.4 cm³/mol. The Morgan fingerprint density at radius 1 is 1.15 bits per heavy atom. The van der Waals surface area contributed by atoms with Gasteiger partial charge in [-0.25, -0.2) is 0 Å². The number of carbonyl (C=O) groups is 1. The lowest BCUT2D eigenvalue weighted by Crippen LogP contribution is -2.47. The van der Waals surface area contributed by atoms with Crippen LogP contribution in [0.1, 0.15) is 47.6 Å². The average molecular weight is 377 g/mol. The van der Waals surface area contributed by atoms with Gasteiger partial charge < -0.3 is 5.11 Å². The Bertz CT molecular complexity index is 819. The molecule has 0 saturated carbocycles. The quantitative estimate of drug-likeness (QED) is 0.811. The number of carboxylic acids is 1. The van der Waals surface area contributed by atoms with Gasteiger partial charge in [0.15, 0.2) is 0 Å². The lowest BCUT2D eigenvalue weighted by molar-refractivity contribution is -0.145. The van der Waals surface area contributed by atoms with Crippen LogP contribution in [0.5, 0.6) is 0 Å². The molecule has 3 rings (SSSR count). The highest BCUT2D eigenvalue weighted by molar-refractivity contribution is 5.73. The van der Waals surface area contributed by atoms with Crippen LogP contribution in [0.4, 0.5) is 13.2 Å². The van der Waals surface area contributed by atoms with E-state index in [1.54, 1.807) is 6.07 Å². The Balaban J connectivity index is 2.14. The molecule has 1 aliphatic rings. The third-order valence-electron chi connectivity index (χ3n) is 5.17. The molecule has 1 saturated heterocycles. The first-order valence-electron chi connectivity index (χ1n) is 9.00. The summed E-state index contributed by atoms with van der Waals surface area (Å²) in [5, 5.41) is 9.68. The van der Waals surface area contributed by atoms with Crippen LogP contribution in [0.2, 0.25) is 0 Å². The van der Waals surface area contributed by atoms with Gasteiger partial charge in [-0.3, -0.25) is 9.69 Å². The van der Waals surface area contributed by atoms with E-state index in [4.69, 9.17) is 0 Å². The molecule has 0 amide bonds. The van der Waals surface area contributed by atoms with Crippen molar-refractivity contribution < 1.29 is 23.1 Å². The number of aryl methyl sites for hydroxylation is 1. The summed E-state index contributed by atoms with van der Waals surface area (Å²) in [5.74, 6) is -0.930. The van der Waals surface area contributed by atoms with Crippen LogP contribution in [0.15, 0.2) is 48.5 Å². The van der Waals surface area contributed by atoms with Crippen molar-refractivity contribution >= 4 is 5.97 Å². The number of halogens is 3.